The zero-order valence-corrected chi connectivity index (χ0v) is 38.7. The van der Waals surface area contributed by atoms with Crippen molar-refractivity contribution >= 4 is 19.8 Å². The van der Waals surface area contributed by atoms with Gasteiger partial charge in [0.15, 0.2) is 6.10 Å². The summed E-state index contributed by atoms with van der Waals surface area (Å²) in [6, 6.07) is 0. The minimum Gasteiger partial charge on any atom is -0.462 e. The predicted octanol–water partition coefficient (Wildman–Crippen LogP) is 13.2. The van der Waals surface area contributed by atoms with Crippen molar-refractivity contribution in [2.24, 2.45) is 0 Å². The minimum absolute atomic E-state index is 0.0202. The Morgan fingerprint density at radius 2 is 0.948 bits per heavy atom. The zero-order valence-electron chi connectivity index (χ0n) is 37.8. The van der Waals surface area contributed by atoms with Crippen LogP contribution in [-0.2, 0) is 32.7 Å². The third-order valence-electron chi connectivity index (χ3n) is 9.52. The topological polar surface area (TPSA) is 108 Å². The summed E-state index contributed by atoms with van der Waals surface area (Å²) in [5, 5.41) is 0. The molecule has 0 bridgehead atoms. The number of nitrogens with zero attached hydrogens (tertiary/aromatic N) is 1. The van der Waals surface area contributed by atoms with Crippen molar-refractivity contribution in [1.82, 2.24) is 0 Å². The lowest BCUT2D eigenvalue weighted by Gasteiger charge is -2.24. The van der Waals surface area contributed by atoms with Gasteiger partial charge in [-0.15, -0.1) is 0 Å². The number of quaternary nitrogens is 1. The summed E-state index contributed by atoms with van der Waals surface area (Å²) in [4.78, 5) is 35.4. The number of likely N-dealkylation sites (N-methyl/N-ethyl adjacent to an activating group) is 1. The molecule has 9 nitrogen and oxygen atoms in total. The molecule has 0 spiro atoms. The lowest BCUT2D eigenvalue weighted by Crippen LogP contribution is -2.37. The summed E-state index contributed by atoms with van der Waals surface area (Å²) in [6.07, 6.45) is 48.4. The normalized spacial score (nSPS) is 14.1. The highest BCUT2D eigenvalue weighted by atomic mass is 31.2. The van der Waals surface area contributed by atoms with Crippen LogP contribution >= 0.6 is 7.82 Å². The third kappa shape index (κ3) is 43.3. The first-order valence-electron chi connectivity index (χ1n) is 23.0. The van der Waals surface area contributed by atoms with Crippen molar-refractivity contribution in [3.8, 4) is 0 Å². The van der Waals surface area contributed by atoms with Gasteiger partial charge in [0.2, 0.25) is 0 Å². The van der Waals surface area contributed by atoms with Gasteiger partial charge in [-0.2, -0.15) is 0 Å². The summed E-state index contributed by atoms with van der Waals surface area (Å²) < 4.78 is 34.3. The fourth-order valence-corrected chi connectivity index (χ4v) is 6.62. The second-order valence-electron chi connectivity index (χ2n) is 16.4. The van der Waals surface area contributed by atoms with E-state index in [2.05, 4.69) is 74.6 Å². The first-order chi connectivity index (χ1) is 28.0. The second kappa shape index (κ2) is 40.1. The number of hydrogen-bond donors (Lipinski definition) is 1. The van der Waals surface area contributed by atoms with Crippen molar-refractivity contribution in [2.45, 2.75) is 187 Å². The molecule has 1 unspecified atom stereocenters. The highest BCUT2D eigenvalue weighted by molar-refractivity contribution is 7.47. The van der Waals surface area contributed by atoms with Crippen molar-refractivity contribution in [3.05, 3.63) is 60.8 Å². The summed E-state index contributed by atoms with van der Waals surface area (Å²) in [7, 11) is 1.44. The molecule has 0 saturated carbocycles. The van der Waals surface area contributed by atoms with Crippen LogP contribution < -0.4 is 0 Å². The fourth-order valence-electron chi connectivity index (χ4n) is 5.88. The van der Waals surface area contributed by atoms with E-state index in [1.165, 1.54) is 83.5 Å². The Labute approximate surface area is 356 Å². The van der Waals surface area contributed by atoms with Crippen LogP contribution in [0.4, 0.5) is 0 Å². The molecule has 0 aliphatic rings. The Kier molecular flexibility index (Phi) is 38.5. The molecular formula is C48H87NO8P+. The molecule has 0 amide bonds. The van der Waals surface area contributed by atoms with Crippen molar-refractivity contribution in [3.63, 3.8) is 0 Å². The standard InChI is InChI=1S/C48H86NO8P/c1-6-8-10-12-14-16-18-20-22-24-26-28-30-32-34-36-38-40-47(50)54-44-46(45-56-58(52,53)55-43-42-49(3,4)5)57-48(51)41-39-37-35-33-31-29-27-25-23-21-19-17-15-13-11-9-7-2/h15,17,20-23,26,28,32,34,46H,6-14,16,18-19,24-25,27,29-31,33,35-45H2,1-5H3/p+1/b17-15-,22-20-,23-21-,28-26-,34-32-/t46-/m1/s1. The molecule has 0 fully saturated rings. The van der Waals surface area contributed by atoms with E-state index < -0.39 is 32.5 Å². The molecule has 58 heavy (non-hydrogen) atoms. The maximum atomic E-state index is 12.7. The van der Waals surface area contributed by atoms with Crippen LogP contribution in [0.15, 0.2) is 60.8 Å². The molecule has 0 saturated heterocycles. The Morgan fingerprint density at radius 3 is 1.47 bits per heavy atom. The van der Waals surface area contributed by atoms with Crippen LogP contribution in [0, 0.1) is 0 Å². The lowest BCUT2D eigenvalue weighted by atomic mass is 10.1. The predicted molar refractivity (Wildman–Crippen MR) is 243 cm³/mol. The molecule has 1 N–H and O–H groups in total. The number of phosphoric acid groups is 1. The van der Waals surface area contributed by atoms with Gasteiger partial charge in [-0.3, -0.25) is 18.6 Å². The van der Waals surface area contributed by atoms with Gasteiger partial charge in [0.05, 0.1) is 27.7 Å². The van der Waals surface area contributed by atoms with Gasteiger partial charge in [0, 0.05) is 12.8 Å². The quantitative estimate of drug-likeness (QED) is 0.0213. The summed E-state index contributed by atoms with van der Waals surface area (Å²) in [6.45, 7) is 4.32. The number of carbonyl (C=O) groups excluding carboxylic acids is 2. The second-order valence-corrected chi connectivity index (χ2v) is 17.9. The highest BCUT2D eigenvalue weighted by Crippen LogP contribution is 2.43. The molecule has 0 aromatic rings. The molecule has 2 atom stereocenters. The SMILES string of the molecule is CCCCC/C=C\C/C=C\CCCCCCCCCC(=O)O[C@H](COC(=O)CCC/C=C\C/C=C\C/C=C\CCCCCCCC)COP(=O)(O)OCC[N+](C)(C)C. The molecule has 0 aromatic heterocycles. The number of phosphoric ester groups is 1. The van der Waals surface area contributed by atoms with E-state index >= 15 is 0 Å². The summed E-state index contributed by atoms with van der Waals surface area (Å²) in [5.41, 5.74) is 0. The third-order valence-corrected chi connectivity index (χ3v) is 10.5. The van der Waals surface area contributed by atoms with E-state index in [0.717, 1.165) is 57.8 Å². The summed E-state index contributed by atoms with van der Waals surface area (Å²) >= 11 is 0. The van der Waals surface area contributed by atoms with Crippen LogP contribution in [0.5, 0.6) is 0 Å². The highest BCUT2D eigenvalue weighted by Gasteiger charge is 2.27. The smallest absolute Gasteiger partial charge is 0.462 e. The van der Waals surface area contributed by atoms with E-state index in [0.29, 0.717) is 23.9 Å². The molecule has 0 heterocycles. The number of carbonyl (C=O) groups is 2. The van der Waals surface area contributed by atoms with Gasteiger partial charge >= 0.3 is 19.8 Å². The molecular weight excluding hydrogens is 750 g/mol. The van der Waals surface area contributed by atoms with Gasteiger partial charge in [0.1, 0.15) is 19.8 Å². The number of ether oxygens (including phenoxy) is 2. The number of rotatable bonds is 41. The molecule has 0 radical (unpaired) electrons. The van der Waals surface area contributed by atoms with Crippen LogP contribution in [0.25, 0.3) is 0 Å². The molecule has 0 aliphatic heterocycles. The van der Waals surface area contributed by atoms with Crippen LogP contribution in [0.1, 0.15) is 181 Å². The van der Waals surface area contributed by atoms with Crippen LogP contribution in [0.2, 0.25) is 0 Å². The van der Waals surface area contributed by atoms with Gasteiger partial charge in [0.25, 0.3) is 0 Å². The van der Waals surface area contributed by atoms with Crippen LogP contribution in [0.3, 0.4) is 0 Å². The van der Waals surface area contributed by atoms with Gasteiger partial charge in [-0.25, -0.2) is 4.57 Å². The first kappa shape index (κ1) is 55.7. The fraction of sp³-hybridized carbons (Fsp3) is 0.750. The lowest BCUT2D eigenvalue weighted by molar-refractivity contribution is -0.870. The zero-order chi connectivity index (χ0) is 42.8. The van der Waals surface area contributed by atoms with Crippen LogP contribution in [-0.4, -0.2) is 74.9 Å². The Balaban J connectivity index is 4.44. The monoisotopic (exact) mass is 837 g/mol. The van der Waals surface area contributed by atoms with Gasteiger partial charge in [-0.05, 0) is 77.0 Å². The average molecular weight is 837 g/mol. The van der Waals surface area contributed by atoms with Gasteiger partial charge < -0.3 is 18.9 Å². The van der Waals surface area contributed by atoms with E-state index in [4.69, 9.17) is 18.5 Å². The number of allylic oxidation sites excluding steroid dienone is 10. The van der Waals surface area contributed by atoms with Crippen molar-refractivity contribution < 1.29 is 42.1 Å². The molecule has 0 aromatic carbocycles. The maximum Gasteiger partial charge on any atom is 0.472 e. The largest absolute Gasteiger partial charge is 0.472 e. The van der Waals surface area contributed by atoms with E-state index in [-0.39, 0.29) is 26.1 Å². The molecule has 336 valence electrons. The Hall–Kier alpha value is -2.29. The van der Waals surface area contributed by atoms with Gasteiger partial charge in [-0.1, -0.05) is 152 Å². The number of esters is 2. The number of unbranched alkanes of at least 4 members (excludes halogenated alkanes) is 17. The van der Waals surface area contributed by atoms with Crippen molar-refractivity contribution in [2.75, 3.05) is 47.5 Å². The average Bonchev–Trinajstić information content (AvgIpc) is 3.17. The number of hydrogen-bond acceptors (Lipinski definition) is 7. The molecule has 10 heteroatoms. The summed E-state index contributed by atoms with van der Waals surface area (Å²) in [5.74, 6) is -0.871. The first-order valence-corrected chi connectivity index (χ1v) is 24.5. The molecule has 0 rings (SSSR count). The Morgan fingerprint density at radius 1 is 0.534 bits per heavy atom. The minimum atomic E-state index is -4.39. The van der Waals surface area contributed by atoms with E-state index in [1.54, 1.807) is 0 Å². The maximum absolute atomic E-state index is 12.7. The molecule has 0 aliphatic carbocycles. The van der Waals surface area contributed by atoms with E-state index in [1.807, 2.05) is 21.1 Å². The Bertz CT molecular complexity index is 1170. The van der Waals surface area contributed by atoms with Crippen molar-refractivity contribution in [1.29, 1.82) is 0 Å². The van der Waals surface area contributed by atoms with E-state index in [9.17, 15) is 19.0 Å².